The van der Waals surface area contributed by atoms with E-state index in [4.69, 9.17) is 0 Å². The van der Waals surface area contributed by atoms with Gasteiger partial charge in [-0.05, 0) is 25.2 Å². The molecule has 4 unspecified atom stereocenters. The van der Waals surface area contributed by atoms with Gasteiger partial charge < -0.3 is 5.32 Å². The molecule has 1 nitrogen and oxygen atoms in total. The van der Waals surface area contributed by atoms with Gasteiger partial charge in [-0.3, -0.25) is 0 Å². The van der Waals surface area contributed by atoms with Crippen molar-refractivity contribution in [1.82, 2.24) is 5.32 Å². The van der Waals surface area contributed by atoms with Crippen LogP contribution in [0.2, 0.25) is 0 Å². The lowest BCUT2D eigenvalue weighted by atomic mass is 9.73. The third kappa shape index (κ3) is 1.82. The zero-order valence-corrected chi connectivity index (χ0v) is 9.42. The van der Waals surface area contributed by atoms with Crippen LogP contribution < -0.4 is 5.32 Å². The monoisotopic (exact) mass is 211 g/mol. The summed E-state index contributed by atoms with van der Waals surface area (Å²) in [5.41, 5.74) is 0. The Kier molecular flexibility index (Phi) is 2.71. The Morgan fingerprint density at radius 3 is 2.53 bits per heavy atom. The molecule has 2 heterocycles. The highest BCUT2D eigenvalue weighted by Gasteiger charge is 2.45. The fourth-order valence-electron chi connectivity index (χ4n) is 4.16. The number of fused-ring (bicyclic) bond motifs is 2. The second kappa shape index (κ2) is 4.04. The van der Waals surface area contributed by atoms with Crippen molar-refractivity contribution >= 4 is 0 Å². The van der Waals surface area contributed by atoms with Crippen LogP contribution in [0.5, 0.6) is 0 Å². The fraction of sp³-hybridized carbons (Fsp3) is 1.00. The number of nitrogens with one attached hydrogen (secondary N) is 1. The number of rotatable bonds is 1. The van der Waals surface area contributed by atoms with E-state index in [1.807, 2.05) is 0 Å². The van der Waals surface area contributed by atoms with Crippen molar-refractivity contribution in [3.8, 4) is 0 Å². The lowest BCUT2D eigenvalue weighted by Gasteiger charge is -2.40. The van der Waals surface area contributed by atoms with Crippen LogP contribution in [-0.4, -0.2) is 18.3 Å². The van der Waals surface area contributed by atoms with E-state index in [2.05, 4.69) is 5.32 Å². The molecule has 2 bridgehead atoms. The molecule has 1 saturated carbocycles. The van der Waals surface area contributed by atoms with E-state index < -0.39 is 6.17 Å². The summed E-state index contributed by atoms with van der Waals surface area (Å²) in [7, 11) is 0. The molecule has 0 aromatic carbocycles. The summed E-state index contributed by atoms with van der Waals surface area (Å²) >= 11 is 0. The van der Waals surface area contributed by atoms with Crippen LogP contribution in [-0.2, 0) is 0 Å². The average molecular weight is 211 g/mol. The van der Waals surface area contributed by atoms with Crippen LogP contribution in [0.15, 0.2) is 0 Å². The Morgan fingerprint density at radius 1 is 0.933 bits per heavy atom. The molecule has 0 spiro atoms. The molecule has 1 N–H and O–H groups in total. The molecule has 3 fully saturated rings. The quantitative estimate of drug-likeness (QED) is 0.703. The zero-order chi connectivity index (χ0) is 10.3. The Morgan fingerprint density at radius 2 is 1.73 bits per heavy atom. The van der Waals surface area contributed by atoms with Crippen molar-refractivity contribution in [2.24, 2.45) is 11.8 Å². The van der Waals surface area contributed by atoms with E-state index >= 15 is 0 Å². The second-order valence-corrected chi connectivity index (χ2v) is 5.77. The van der Waals surface area contributed by atoms with Gasteiger partial charge in [0.15, 0.2) is 0 Å². The summed E-state index contributed by atoms with van der Waals surface area (Å²) < 4.78 is 14.1. The Balaban J connectivity index is 1.71. The van der Waals surface area contributed by atoms with Crippen LogP contribution >= 0.6 is 0 Å². The summed E-state index contributed by atoms with van der Waals surface area (Å²) in [5, 5.41) is 3.63. The van der Waals surface area contributed by atoms with Crippen molar-refractivity contribution < 1.29 is 4.39 Å². The summed E-state index contributed by atoms with van der Waals surface area (Å²) in [5.74, 6) is 1.04. The highest BCUT2D eigenvalue weighted by Crippen LogP contribution is 2.42. The minimum Gasteiger partial charge on any atom is -0.311 e. The van der Waals surface area contributed by atoms with E-state index in [0.717, 1.165) is 6.42 Å². The van der Waals surface area contributed by atoms with Gasteiger partial charge in [0.1, 0.15) is 6.17 Å². The first-order valence-electron chi connectivity index (χ1n) is 6.75. The van der Waals surface area contributed by atoms with Crippen LogP contribution in [0.25, 0.3) is 0 Å². The summed E-state index contributed by atoms with van der Waals surface area (Å²) in [6.07, 6.45) is 9.35. The Bertz CT molecular complexity index is 225. The molecule has 1 aliphatic carbocycles. The van der Waals surface area contributed by atoms with Crippen molar-refractivity contribution in [2.45, 2.75) is 69.6 Å². The highest BCUT2D eigenvalue weighted by atomic mass is 19.1. The largest absolute Gasteiger partial charge is 0.311 e. The van der Waals surface area contributed by atoms with E-state index in [9.17, 15) is 4.39 Å². The van der Waals surface area contributed by atoms with Crippen LogP contribution in [0.1, 0.15) is 51.4 Å². The summed E-state index contributed by atoms with van der Waals surface area (Å²) in [6, 6.07) is 1.02. The number of hydrogen-bond acceptors (Lipinski definition) is 1. The molecular formula is C13H22FN. The van der Waals surface area contributed by atoms with Crippen LogP contribution in [0, 0.1) is 11.8 Å². The first-order valence-corrected chi connectivity index (χ1v) is 6.75. The van der Waals surface area contributed by atoms with Crippen molar-refractivity contribution in [1.29, 1.82) is 0 Å². The molecule has 0 radical (unpaired) electrons. The maximum atomic E-state index is 14.1. The molecule has 0 aromatic heterocycles. The Labute approximate surface area is 91.8 Å². The zero-order valence-electron chi connectivity index (χ0n) is 9.42. The molecule has 0 amide bonds. The maximum Gasteiger partial charge on any atom is 0.106 e. The van der Waals surface area contributed by atoms with Gasteiger partial charge in [-0.25, -0.2) is 4.39 Å². The molecule has 3 rings (SSSR count). The molecule has 3 aliphatic rings. The highest BCUT2D eigenvalue weighted by molar-refractivity contribution is 5.00. The maximum absolute atomic E-state index is 14.1. The van der Waals surface area contributed by atoms with Gasteiger partial charge in [0.25, 0.3) is 0 Å². The minimum atomic E-state index is -0.508. The number of alkyl halides is 1. The predicted octanol–water partition coefficient (Wildman–Crippen LogP) is 3.05. The van der Waals surface area contributed by atoms with E-state index in [0.29, 0.717) is 23.9 Å². The Hall–Kier alpha value is -0.110. The van der Waals surface area contributed by atoms with Gasteiger partial charge in [-0.2, -0.15) is 0 Å². The predicted molar refractivity (Wildman–Crippen MR) is 59.5 cm³/mol. The molecule has 0 aromatic rings. The molecule has 2 aliphatic heterocycles. The molecular weight excluding hydrogens is 189 g/mol. The first-order chi connectivity index (χ1) is 7.34. The summed E-state index contributed by atoms with van der Waals surface area (Å²) in [6.45, 7) is 0. The number of halogens is 1. The smallest absolute Gasteiger partial charge is 0.106 e. The van der Waals surface area contributed by atoms with Crippen molar-refractivity contribution in [3.63, 3.8) is 0 Å². The molecule has 15 heavy (non-hydrogen) atoms. The van der Waals surface area contributed by atoms with E-state index in [1.165, 1.54) is 44.9 Å². The summed E-state index contributed by atoms with van der Waals surface area (Å²) in [4.78, 5) is 0. The topological polar surface area (TPSA) is 12.0 Å². The molecule has 86 valence electrons. The molecule has 4 atom stereocenters. The molecule has 2 heteroatoms. The standard InChI is InChI=1S/C13H22FN/c14-11-8-10-6-7-12(15-10)13(11)9-4-2-1-3-5-9/h9-13,15H,1-8H2. The van der Waals surface area contributed by atoms with Gasteiger partial charge in [0.2, 0.25) is 0 Å². The third-order valence-corrected chi connectivity index (χ3v) is 4.86. The second-order valence-electron chi connectivity index (χ2n) is 5.77. The lowest BCUT2D eigenvalue weighted by Crippen LogP contribution is -2.49. The lowest BCUT2D eigenvalue weighted by molar-refractivity contribution is 0.0698. The SMILES string of the molecule is FC1CC2CCC(N2)C1C1CCCCC1. The van der Waals surface area contributed by atoms with Gasteiger partial charge >= 0.3 is 0 Å². The first kappa shape index (κ1) is 10.1. The minimum absolute atomic E-state index is 0.351. The van der Waals surface area contributed by atoms with Gasteiger partial charge in [-0.15, -0.1) is 0 Å². The van der Waals surface area contributed by atoms with Gasteiger partial charge in [-0.1, -0.05) is 32.1 Å². The van der Waals surface area contributed by atoms with Gasteiger partial charge in [0.05, 0.1) is 0 Å². The van der Waals surface area contributed by atoms with E-state index in [1.54, 1.807) is 0 Å². The molecule has 2 saturated heterocycles. The van der Waals surface area contributed by atoms with Crippen molar-refractivity contribution in [2.75, 3.05) is 0 Å². The van der Waals surface area contributed by atoms with Crippen LogP contribution in [0.3, 0.4) is 0 Å². The third-order valence-electron chi connectivity index (χ3n) is 4.86. The van der Waals surface area contributed by atoms with E-state index in [-0.39, 0.29) is 0 Å². The fourth-order valence-corrected chi connectivity index (χ4v) is 4.16. The number of hydrogen-bond donors (Lipinski definition) is 1. The van der Waals surface area contributed by atoms with Crippen molar-refractivity contribution in [3.05, 3.63) is 0 Å². The average Bonchev–Trinajstić information content (AvgIpc) is 2.62. The van der Waals surface area contributed by atoms with Crippen LogP contribution in [0.4, 0.5) is 4.39 Å². The van der Waals surface area contributed by atoms with Gasteiger partial charge in [0, 0.05) is 18.0 Å². The normalized spacial score (nSPS) is 47.0. The number of piperidine rings is 1.